The van der Waals surface area contributed by atoms with Crippen LogP contribution >= 0.6 is 0 Å². The van der Waals surface area contributed by atoms with Gasteiger partial charge in [0.05, 0.1) is 0 Å². The number of hydrogen-bond donors (Lipinski definition) is 3. The lowest BCUT2D eigenvalue weighted by Gasteiger charge is -2.22. The second kappa shape index (κ2) is 5.64. The van der Waals surface area contributed by atoms with Crippen LogP contribution in [0.1, 0.15) is 30.4 Å². The monoisotopic (exact) mass is 295 g/mol. The zero-order chi connectivity index (χ0) is 15.7. The van der Waals surface area contributed by atoms with E-state index in [1.54, 1.807) is 0 Å². The van der Waals surface area contributed by atoms with Crippen LogP contribution in [0.25, 0.3) is 5.76 Å². The van der Waals surface area contributed by atoms with E-state index in [0.717, 1.165) is 53.2 Å². The van der Waals surface area contributed by atoms with Crippen LogP contribution in [0.4, 0.5) is 11.4 Å². The lowest BCUT2D eigenvalue weighted by Crippen LogP contribution is -2.09. The van der Waals surface area contributed by atoms with Gasteiger partial charge >= 0.3 is 0 Å². The zero-order valence-electron chi connectivity index (χ0n) is 12.7. The number of ether oxygens (including phenoxy) is 1. The van der Waals surface area contributed by atoms with Gasteiger partial charge in [-0.15, -0.1) is 0 Å². The second-order valence-electron chi connectivity index (χ2n) is 5.63. The van der Waals surface area contributed by atoms with E-state index in [4.69, 9.17) is 21.9 Å². The third-order valence-corrected chi connectivity index (χ3v) is 4.10. The zero-order valence-corrected chi connectivity index (χ0v) is 12.7. The van der Waals surface area contributed by atoms with Gasteiger partial charge in [0.25, 0.3) is 0 Å². The van der Waals surface area contributed by atoms with Crippen LogP contribution in [0.15, 0.2) is 53.5 Å². The van der Waals surface area contributed by atoms with Crippen LogP contribution in [0.5, 0.6) is 0 Å². The van der Waals surface area contributed by atoms with Crippen molar-refractivity contribution < 1.29 is 4.74 Å². The van der Waals surface area contributed by atoms with E-state index in [0.29, 0.717) is 11.4 Å². The van der Waals surface area contributed by atoms with Crippen LogP contribution < -0.4 is 17.2 Å². The Morgan fingerprint density at radius 2 is 1.68 bits per heavy atom. The Hall–Kier alpha value is -2.62. The van der Waals surface area contributed by atoms with Crippen LogP contribution in [-0.2, 0) is 4.74 Å². The van der Waals surface area contributed by atoms with Crippen LogP contribution in [0.3, 0.4) is 0 Å². The topological polar surface area (TPSA) is 87.3 Å². The highest BCUT2D eigenvalue weighted by Crippen LogP contribution is 2.34. The maximum Gasteiger partial charge on any atom is 0.131 e. The quantitative estimate of drug-likeness (QED) is 0.730. The smallest absolute Gasteiger partial charge is 0.131 e. The van der Waals surface area contributed by atoms with E-state index in [9.17, 15) is 0 Å². The molecule has 6 N–H and O–H groups in total. The average molecular weight is 295 g/mol. The first-order chi connectivity index (χ1) is 10.6. The van der Waals surface area contributed by atoms with Gasteiger partial charge in [-0.05, 0) is 62.1 Å². The minimum atomic E-state index is 0.676. The molecule has 0 amide bonds. The molecule has 0 saturated heterocycles. The Morgan fingerprint density at radius 3 is 2.36 bits per heavy atom. The van der Waals surface area contributed by atoms with E-state index in [-0.39, 0.29) is 0 Å². The molecule has 0 bridgehead atoms. The molecule has 0 spiro atoms. The maximum absolute atomic E-state index is 6.07. The highest BCUT2D eigenvalue weighted by Gasteiger charge is 2.18. The largest absolute Gasteiger partial charge is 0.457 e. The number of nitrogens with two attached hydrogens (primary N) is 3. The molecule has 3 rings (SSSR count). The molecule has 1 heterocycles. The van der Waals surface area contributed by atoms with Crippen molar-refractivity contribution in [2.75, 3.05) is 11.5 Å². The maximum atomic E-state index is 6.07. The van der Waals surface area contributed by atoms with Crippen LogP contribution in [-0.4, -0.2) is 0 Å². The number of anilines is 2. The summed E-state index contributed by atoms with van der Waals surface area (Å²) < 4.78 is 6.07. The molecule has 0 atom stereocenters. The third kappa shape index (κ3) is 2.60. The number of hydrogen-bond acceptors (Lipinski definition) is 4. The van der Waals surface area contributed by atoms with E-state index in [2.05, 4.69) is 12.2 Å². The summed E-state index contributed by atoms with van der Waals surface area (Å²) in [6.07, 6.45) is 10.8. The minimum Gasteiger partial charge on any atom is -0.457 e. The summed E-state index contributed by atoms with van der Waals surface area (Å²) in [6, 6.07) is 3.80. The molecule has 1 aromatic carbocycles. The molecule has 0 radical (unpaired) electrons. The molecule has 1 aromatic rings. The molecule has 4 nitrogen and oxygen atoms in total. The van der Waals surface area contributed by atoms with E-state index in [1.807, 2.05) is 31.2 Å². The van der Waals surface area contributed by atoms with Crippen molar-refractivity contribution in [2.45, 2.75) is 26.2 Å². The summed E-state index contributed by atoms with van der Waals surface area (Å²) in [5, 5.41) is 0. The van der Waals surface area contributed by atoms with Crippen molar-refractivity contribution in [1.82, 2.24) is 0 Å². The fourth-order valence-electron chi connectivity index (χ4n) is 2.69. The SMILES string of the molecule is Cc1c(N)cc(C2=CCC=C(C3=C(N)C=CCC3)O2)cc1N. The summed E-state index contributed by atoms with van der Waals surface area (Å²) in [6.45, 7) is 1.91. The van der Waals surface area contributed by atoms with Crippen molar-refractivity contribution >= 4 is 17.1 Å². The predicted molar refractivity (Wildman–Crippen MR) is 91.4 cm³/mol. The Kier molecular flexibility index (Phi) is 3.67. The predicted octanol–water partition coefficient (Wildman–Crippen LogP) is 3.37. The number of nitrogen functional groups attached to an aromatic ring is 2. The lowest BCUT2D eigenvalue weighted by atomic mass is 9.98. The molecular formula is C18H21N3O. The first kappa shape index (κ1) is 14.3. The number of benzene rings is 1. The average Bonchev–Trinajstić information content (AvgIpc) is 2.53. The van der Waals surface area contributed by atoms with Crippen molar-refractivity contribution in [2.24, 2.45) is 5.73 Å². The van der Waals surface area contributed by atoms with Crippen LogP contribution in [0, 0.1) is 6.92 Å². The number of rotatable bonds is 2. The molecule has 22 heavy (non-hydrogen) atoms. The fourth-order valence-corrected chi connectivity index (χ4v) is 2.69. The Balaban J connectivity index is 1.89. The lowest BCUT2D eigenvalue weighted by molar-refractivity contribution is 0.379. The molecule has 4 heteroatoms. The van der Waals surface area contributed by atoms with Gasteiger partial charge in [-0.25, -0.2) is 0 Å². The Labute approximate surface area is 130 Å². The Morgan fingerprint density at radius 1 is 1.00 bits per heavy atom. The molecule has 0 fully saturated rings. The summed E-state index contributed by atoms with van der Waals surface area (Å²) >= 11 is 0. The summed E-state index contributed by atoms with van der Waals surface area (Å²) in [4.78, 5) is 0. The van der Waals surface area contributed by atoms with Gasteiger partial charge in [-0.3, -0.25) is 0 Å². The molecule has 2 aliphatic rings. The molecule has 114 valence electrons. The first-order valence-corrected chi connectivity index (χ1v) is 7.46. The molecule has 1 aliphatic carbocycles. The summed E-state index contributed by atoms with van der Waals surface area (Å²) in [5.41, 5.74) is 23.1. The van der Waals surface area contributed by atoms with Gasteiger partial charge in [-0.1, -0.05) is 6.08 Å². The molecular weight excluding hydrogens is 274 g/mol. The van der Waals surface area contributed by atoms with Crippen LogP contribution in [0.2, 0.25) is 0 Å². The van der Waals surface area contributed by atoms with Gasteiger partial charge in [-0.2, -0.15) is 0 Å². The van der Waals surface area contributed by atoms with E-state index < -0.39 is 0 Å². The third-order valence-electron chi connectivity index (χ3n) is 4.10. The highest BCUT2D eigenvalue weighted by atomic mass is 16.5. The van der Waals surface area contributed by atoms with Gasteiger partial charge in [0.15, 0.2) is 0 Å². The minimum absolute atomic E-state index is 0.676. The first-order valence-electron chi connectivity index (χ1n) is 7.46. The van der Waals surface area contributed by atoms with Crippen molar-refractivity contribution in [3.63, 3.8) is 0 Å². The number of allylic oxidation sites excluding steroid dienone is 5. The second-order valence-corrected chi connectivity index (χ2v) is 5.63. The molecule has 1 aliphatic heterocycles. The van der Waals surface area contributed by atoms with Gasteiger partial charge < -0.3 is 21.9 Å². The van der Waals surface area contributed by atoms with Gasteiger partial charge in [0.1, 0.15) is 11.5 Å². The van der Waals surface area contributed by atoms with Gasteiger partial charge in [0, 0.05) is 28.2 Å². The molecule has 0 unspecified atom stereocenters. The van der Waals surface area contributed by atoms with Crippen molar-refractivity contribution in [1.29, 1.82) is 0 Å². The van der Waals surface area contributed by atoms with E-state index >= 15 is 0 Å². The van der Waals surface area contributed by atoms with Crippen molar-refractivity contribution in [3.8, 4) is 0 Å². The summed E-state index contributed by atoms with van der Waals surface area (Å²) in [7, 11) is 0. The Bertz CT molecular complexity index is 716. The highest BCUT2D eigenvalue weighted by molar-refractivity contribution is 5.73. The molecule has 0 saturated carbocycles. The van der Waals surface area contributed by atoms with Crippen molar-refractivity contribution in [3.05, 3.63) is 64.6 Å². The van der Waals surface area contributed by atoms with Gasteiger partial charge in [0.2, 0.25) is 0 Å². The fraction of sp³-hybridized carbons (Fsp3) is 0.222. The molecule has 0 aromatic heterocycles. The normalized spacial score (nSPS) is 17.9. The summed E-state index contributed by atoms with van der Waals surface area (Å²) in [5.74, 6) is 1.63. The standard InChI is InChI=1S/C18H21N3O/c1-11-15(20)9-12(10-16(11)21)17-7-4-8-18(22-17)13-5-2-3-6-14(13)19/h3,6-10H,2,4-5,19-21H2,1H3. The van der Waals surface area contributed by atoms with E-state index in [1.165, 1.54) is 0 Å².